The van der Waals surface area contributed by atoms with Gasteiger partial charge in [0.25, 0.3) is 0 Å². The highest BCUT2D eigenvalue weighted by atomic mass is 16.5. The van der Waals surface area contributed by atoms with Gasteiger partial charge in [-0.15, -0.1) is 0 Å². The summed E-state index contributed by atoms with van der Waals surface area (Å²) < 4.78 is 5.64. The summed E-state index contributed by atoms with van der Waals surface area (Å²) in [5.41, 5.74) is 0. The van der Waals surface area contributed by atoms with E-state index in [1.807, 2.05) is 0 Å². The molecule has 0 amide bonds. The monoisotopic (exact) mass is 158 g/mol. The molecule has 0 aromatic rings. The fourth-order valence-electron chi connectivity index (χ4n) is 1.45. The maximum absolute atomic E-state index is 8.98. The normalized spacial score (nSPS) is 33.0. The molecule has 2 heteroatoms. The zero-order valence-electron chi connectivity index (χ0n) is 7.42. The topological polar surface area (TPSA) is 29.5 Å². The molecule has 2 nitrogen and oxygen atoms in total. The number of rotatable bonds is 4. The van der Waals surface area contributed by atoms with E-state index in [2.05, 4.69) is 13.8 Å². The van der Waals surface area contributed by atoms with Gasteiger partial charge in [-0.2, -0.15) is 0 Å². The molecule has 0 aromatic heterocycles. The van der Waals surface area contributed by atoms with Gasteiger partial charge in [0.2, 0.25) is 0 Å². The van der Waals surface area contributed by atoms with E-state index in [9.17, 15) is 0 Å². The van der Waals surface area contributed by atoms with Gasteiger partial charge in [0.05, 0.1) is 18.3 Å². The van der Waals surface area contributed by atoms with E-state index in [0.29, 0.717) is 12.2 Å². The number of ether oxygens (including phenoxy) is 1. The summed E-state index contributed by atoms with van der Waals surface area (Å²) in [5.74, 6) is 0. The van der Waals surface area contributed by atoms with Crippen LogP contribution < -0.4 is 0 Å². The van der Waals surface area contributed by atoms with Gasteiger partial charge in [-0.05, 0) is 26.2 Å². The van der Waals surface area contributed by atoms with Crippen molar-refractivity contribution in [2.45, 2.75) is 57.8 Å². The van der Waals surface area contributed by atoms with Crippen molar-refractivity contribution < 1.29 is 9.84 Å². The highest BCUT2D eigenvalue weighted by molar-refractivity contribution is 4.79. The molecule has 1 rings (SSSR count). The van der Waals surface area contributed by atoms with Gasteiger partial charge in [-0.3, -0.25) is 0 Å². The molecule has 1 fully saturated rings. The second-order valence-corrected chi connectivity index (χ2v) is 3.48. The Morgan fingerprint density at radius 1 is 1.55 bits per heavy atom. The van der Waals surface area contributed by atoms with E-state index in [-0.39, 0.29) is 6.10 Å². The standard InChI is InChI=1S/C9H18O2/c1-3-4-7(2)11-9-5-8(10)6-9/h7-10H,3-6H2,1-2H3. The predicted octanol–water partition coefficient (Wildman–Crippen LogP) is 1.71. The van der Waals surface area contributed by atoms with E-state index in [0.717, 1.165) is 19.3 Å². The van der Waals surface area contributed by atoms with Crippen LogP contribution in [0.5, 0.6) is 0 Å². The van der Waals surface area contributed by atoms with Crippen molar-refractivity contribution in [1.82, 2.24) is 0 Å². The van der Waals surface area contributed by atoms with E-state index >= 15 is 0 Å². The first-order chi connectivity index (χ1) is 5.22. The van der Waals surface area contributed by atoms with Crippen LogP contribution in [-0.4, -0.2) is 23.4 Å². The molecule has 0 aliphatic heterocycles. The first-order valence-corrected chi connectivity index (χ1v) is 4.56. The van der Waals surface area contributed by atoms with Crippen LogP contribution in [0.3, 0.4) is 0 Å². The fourth-order valence-corrected chi connectivity index (χ4v) is 1.45. The van der Waals surface area contributed by atoms with E-state index in [4.69, 9.17) is 9.84 Å². The molecule has 0 saturated heterocycles. The Labute approximate surface area is 68.6 Å². The summed E-state index contributed by atoms with van der Waals surface area (Å²) in [7, 11) is 0. The largest absolute Gasteiger partial charge is 0.393 e. The first kappa shape index (κ1) is 9.01. The summed E-state index contributed by atoms with van der Waals surface area (Å²) in [5, 5.41) is 8.98. The molecule has 0 spiro atoms. The number of aliphatic hydroxyl groups excluding tert-OH is 1. The average molecular weight is 158 g/mol. The van der Waals surface area contributed by atoms with Crippen LogP contribution in [0.25, 0.3) is 0 Å². The van der Waals surface area contributed by atoms with Crippen molar-refractivity contribution in [1.29, 1.82) is 0 Å². The highest BCUT2D eigenvalue weighted by Crippen LogP contribution is 2.24. The van der Waals surface area contributed by atoms with Crippen LogP contribution in [0, 0.1) is 0 Å². The van der Waals surface area contributed by atoms with Crippen molar-refractivity contribution in [2.75, 3.05) is 0 Å². The van der Waals surface area contributed by atoms with Crippen molar-refractivity contribution in [2.24, 2.45) is 0 Å². The van der Waals surface area contributed by atoms with Crippen LogP contribution in [0.1, 0.15) is 39.5 Å². The number of aliphatic hydroxyl groups is 1. The Bertz CT molecular complexity index is 105. The minimum atomic E-state index is -0.0890. The van der Waals surface area contributed by atoms with Crippen molar-refractivity contribution >= 4 is 0 Å². The minimum Gasteiger partial charge on any atom is -0.393 e. The third-order valence-electron chi connectivity index (χ3n) is 2.19. The van der Waals surface area contributed by atoms with Crippen LogP contribution in [-0.2, 0) is 4.74 Å². The lowest BCUT2D eigenvalue weighted by Gasteiger charge is -2.33. The molecular formula is C9H18O2. The van der Waals surface area contributed by atoms with Gasteiger partial charge >= 0.3 is 0 Å². The summed E-state index contributed by atoms with van der Waals surface area (Å²) >= 11 is 0. The molecule has 1 N–H and O–H groups in total. The molecule has 66 valence electrons. The van der Waals surface area contributed by atoms with Crippen molar-refractivity contribution in [3.63, 3.8) is 0 Å². The lowest BCUT2D eigenvalue weighted by molar-refractivity contribution is -0.100. The quantitative estimate of drug-likeness (QED) is 0.675. The molecular weight excluding hydrogens is 140 g/mol. The van der Waals surface area contributed by atoms with Gasteiger partial charge in [0, 0.05) is 0 Å². The maximum atomic E-state index is 8.98. The third-order valence-corrected chi connectivity index (χ3v) is 2.19. The Hall–Kier alpha value is -0.0800. The molecule has 1 atom stereocenters. The Morgan fingerprint density at radius 2 is 2.18 bits per heavy atom. The second kappa shape index (κ2) is 4.07. The van der Waals surface area contributed by atoms with Crippen LogP contribution in [0.15, 0.2) is 0 Å². The lowest BCUT2D eigenvalue weighted by atomic mass is 9.92. The van der Waals surface area contributed by atoms with Crippen molar-refractivity contribution in [3.8, 4) is 0 Å². The van der Waals surface area contributed by atoms with Crippen LogP contribution in [0.2, 0.25) is 0 Å². The van der Waals surface area contributed by atoms with Gasteiger partial charge in [-0.25, -0.2) is 0 Å². The summed E-state index contributed by atoms with van der Waals surface area (Å²) in [4.78, 5) is 0. The highest BCUT2D eigenvalue weighted by Gasteiger charge is 2.28. The molecule has 0 bridgehead atoms. The molecule has 1 saturated carbocycles. The van der Waals surface area contributed by atoms with Crippen molar-refractivity contribution in [3.05, 3.63) is 0 Å². The van der Waals surface area contributed by atoms with Gasteiger partial charge < -0.3 is 9.84 Å². The van der Waals surface area contributed by atoms with Gasteiger partial charge in [0.1, 0.15) is 0 Å². The number of hydrogen-bond donors (Lipinski definition) is 1. The molecule has 11 heavy (non-hydrogen) atoms. The van der Waals surface area contributed by atoms with Crippen LogP contribution in [0.4, 0.5) is 0 Å². The van der Waals surface area contributed by atoms with Gasteiger partial charge in [0.15, 0.2) is 0 Å². The molecule has 1 aliphatic carbocycles. The molecule has 1 unspecified atom stereocenters. The Morgan fingerprint density at radius 3 is 2.64 bits per heavy atom. The SMILES string of the molecule is CCCC(C)OC1CC(O)C1. The third kappa shape index (κ3) is 2.80. The molecule has 0 radical (unpaired) electrons. The molecule has 0 aromatic carbocycles. The second-order valence-electron chi connectivity index (χ2n) is 3.48. The average Bonchev–Trinajstić information content (AvgIpc) is 1.85. The fraction of sp³-hybridized carbons (Fsp3) is 1.00. The van der Waals surface area contributed by atoms with Gasteiger partial charge in [-0.1, -0.05) is 13.3 Å². The summed E-state index contributed by atoms with van der Waals surface area (Å²) in [6.07, 6.45) is 4.61. The zero-order valence-corrected chi connectivity index (χ0v) is 7.42. The smallest absolute Gasteiger partial charge is 0.0628 e. The predicted molar refractivity (Wildman–Crippen MR) is 44.5 cm³/mol. The van der Waals surface area contributed by atoms with E-state index < -0.39 is 0 Å². The lowest BCUT2D eigenvalue weighted by Crippen LogP contribution is -2.37. The Kier molecular flexibility index (Phi) is 3.34. The molecule has 0 heterocycles. The zero-order chi connectivity index (χ0) is 8.27. The molecule has 1 aliphatic rings. The van der Waals surface area contributed by atoms with E-state index in [1.165, 1.54) is 6.42 Å². The summed E-state index contributed by atoms with van der Waals surface area (Å²) in [6.45, 7) is 4.27. The van der Waals surface area contributed by atoms with Crippen LogP contribution >= 0.6 is 0 Å². The maximum Gasteiger partial charge on any atom is 0.0628 e. The first-order valence-electron chi connectivity index (χ1n) is 4.56. The minimum absolute atomic E-state index is 0.0890. The number of hydrogen-bond acceptors (Lipinski definition) is 2. The Balaban J connectivity index is 2.02. The summed E-state index contributed by atoms with van der Waals surface area (Å²) in [6, 6.07) is 0. The van der Waals surface area contributed by atoms with E-state index in [1.54, 1.807) is 0 Å².